The van der Waals surface area contributed by atoms with Crippen LogP contribution in [0.2, 0.25) is 0 Å². The van der Waals surface area contributed by atoms with E-state index in [1.165, 1.54) is 0 Å². The number of aromatic nitrogens is 2. The summed E-state index contributed by atoms with van der Waals surface area (Å²) in [5.41, 5.74) is 3.49. The Morgan fingerprint density at radius 3 is 2.57 bits per heavy atom. The number of benzene rings is 2. The molecule has 2 aromatic carbocycles. The van der Waals surface area contributed by atoms with Gasteiger partial charge in [-0.25, -0.2) is 9.97 Å². The SMILES string of the molecule is O=C(c1ccc(N2CCOCC2)cc1)N1CCC(Oc2cnc3ccccc3n2)C1. The molecular weight excluding hydrogens is 380 g/mol. The molecule has 2 aliphatic rings. The van der Waals surface area contributed by atoms with Crippen molar-refractivity contribution in [3.05, 3.63) is 60.3 Å². The molecule has 5 rings (SSSR count). The summed E-state index contributed by atoms with van der Waals surface area (Å²) in [4.78, 5) is 26.0. The molecule has 0 bridgehead atoms. The van der Waals surface area contributed by atoms with Gasteiger partial charge < -0.3 is 19.3 Å². The molecule has 2 fully saturated rings. The first-order valence-corrected chi connectivity index (χ1v) is 10.4. The molecule has 3 heterocycles. The Labute approximate surface area is 175 Å². The molecule has 7 heteroatoms. The molecule has 7 nitrogen and oxygen atoms in total. The van der Waals surface area contributed by atoms with Crippen LogP contribution >= 0.6 is 0 Å². The summed E-state index contributed by atoms with van der Waals surface area (Å²) in [6, 6.07) is 15.6. The van der Waals surface area contributed by atoms with E-state index in [4.69, 9.17) is 9.47 Å². The molecule has 0 radical (unpaired) electrons. The van der Waals surface area contributed by atoms with Crippen molar-refractivity contribution in [3.63, 3.8) is 0 Å². The Morgan fingerprint density at radius 2 is 1.77 bits per heavy atom. The number of fused-ring (bicyclic) bond motifs is 1. The maximum atomic E-state index is 12.9. The summed E-state index contributed by atoms with van der Waals surface area (Å²) in [6.45, 7) is 4.50. The third-order valence-corrected chi connectivity index (χ3v) is 5.64. The second-order valence-electron chi connectivity index (χ2n) is 7.62. The van der Waals surface area contributed by atoms with Gasteiger partial charge in [-0.1, -0.05) is 12.1 Å². The van der Waals surface area contributed by atoms with Crippen LogP contribution in [-0.2, 0) is 4.74 Å². The average Bonchev–Trinajstić information content (AvgIpc) is 3.27. The molecule has 0 N–H and O–H groups in total. The normalized spacial score (nSPS) is 19.3. The maximum absolute atomic E-state index is 12.9. The summed E-state index contributed by atoms with van der Waals surface area (Å²) in [5.74, 6) is 0.544. The third-order valence-electron chi connectivity index (χ3n) is 5.64. The Bertz CT molecular complexity index is 1030. The molecule has 1 unspecified atom stereocenters. The van der Waals surface area contributed by atoms with Crippen LogP contribution in [0.1, 0.15) is 16.8 Å². The van der Waals surface area contributed by atoms with Crippen molar-refractivity contribution in [3.8, 4) is 5.88 Å². The van der Waals surface area contributed by atoms with E-state index in [0.29, 0.717) is 24.5 Å². The highest BCUT2D eigenvalue weighted by molar-refractivity contribution is 5.94. The Kier molecular flexibility index (Phi) is 5.19. The van der Waals surface area contributed by atoms with Gasteiger partial charge in [0, 0.05) is 37.3 Å². The van der Waals surface area contributed by atoms with Crippen molar-refractivity contribution in [2.75, 3.05) is 44.3 Å². The van der Waals surface area contributed by atoms with Crippen molar-refractivity contribution < 1.29 is 14.3 Å². The molecule has 1 aromatic heterocycles. The smallest absolute Gasteiger partial charge is 0.253 e. The third kappa shape index (κ3) is 3.93. The number of carbonyl (C=O) groups excluding carboxylic acids is 1. The minimum absolute atomic E-state index is 0.0409. The van der Waals surface area contributed by atoms with Gasteiger partial charge in [-0.05, 0) is 36.4 Å². The van der Waals surface area contributed by atoms with E-state index >= 15 is 0 Å². The van der Waals surface area contributed by atoms with Crippen LogP contribution in [0, 0.1) is 0 Å². The monoisotopic (exact) mass is 404 g/mol. The summed E-state index contributed by atoms with van der Waals surface area (Å²) < 4.78 is 11.4. The molecule has 2 saturated heterocycles. The fourth-order valence-electron chi connectivity index (χ4n) is 4.00. The van der Waals surface area contributed by atoms with Gasteiger partial charge in [-0.15, -0.1) is 0 Å². The molecule has 2 aliphatic heterocycles. The van der Waals surface area contributed by atoms with Crippen LogP contribution in [0.25, 0.3) is 11.0 Å². The topological polar surface area (TPSA) is 67.8 Å². The van der Waals surface area contributed by atoms with Crippen LogP contribution in [0.15, 0.2) is 54.7 Å². The van der Waals surface area contributed by atoms with Crippen molar-refractivity contribution in [2.24, 2.45) is 0 Å². The number of ether oxygens (including phenoxy) is 2. The number of morpholine rings is 1. The number of carbonyl (C=O) groups is 1. The molecule has 30 heavy (non-hydrogen) atoms. The Hall–Kier alpha value is -3.19. The number of nitrogens with zero attached hydrogens (tertiary/aromatic N) is 4. The lowest BCUT2D eigenvalue weighted by Gasteiger charge is -2.29. The van der Waals surface area contributed by atoms with Gasteiger partial charge in [0.15, 0.2) is 0 Å². The molecular formula is C23H24N4O3. The van der Waals surface area contributed by atoms with E-state index in [-0.39, 0.29) is 12.0 Å². The fourth-order valence-corrected chi connectivity index (χ4v) is 4.00. The number of para-hydroxylation sites is 2. The highest BCUT2D eigenvalue weighted by Crippen LogP contribution is 2.22. The first-order valence-electron chi connectivity index (χ1n) is 10.4. The van der Waals surface area contributed by atoms with Crippen molar-refractivity contribution in [2.45, 2.75) is 12.5 Å². The van der Waals surface area contributed by atoms with E-state index < -0.39 is 0 Å². The molecule has 1 atom stereocenters. The van der Waals surface area contributed by atoms with Crippen molar-refractivity contribution >= 4 is 22.6 Å². The lowest BCUT2D eigenvalue weighted by Crippen LogP contribution is -2.36. The molecule has 0 spiro atoms. The van der Waals surface area contributed by atoms with Crippen LogP contribution < -0.4 is 9.64 Å². The van der Waals surface area contributed by atoms with Gasteiger partial charge in [0.1, 0.15) is 6.10 Å². The quantitative estimate of drug-likeness (QED) is 0.666. The number of anilines is 1. The van der Waals surface area contributed by atoms with Gasteiger partial charge >= 0.3 is 0 Å². The molecule has 3 aromatic rings. The lowest BCUT2D eigenvalue weighted by atomic mass is 10.1. The minimum Gasteiger partial charge on any atom is -0.471 e. The number of rotatable bonds is 4. The summed E-state index contributed by atoms with van der Waals surface area (Å²) >= 11 is 0. The van der Waals surface area contributed by atoms with E-state index in [0.717, 1.165) is 49.4 Å². The lowest BCUT2D eigenvalue weighted by molar-refractivity contribution is 0.0771. The molecule has 0 aliphatic carbocycles. The average molecular weight is 404 g/mol. The van der Waals surface area contributed by atoms with E-state index in [1.807, 2.05) is 53.4 Å². The molecule has 1 amide bonds. The van der Waals surface area contributed by atoms with E-state index in [2.05, 4.69) is 14.9 Å². The zero-order valence-electron chi connectivity index (χ0n) is 16.7. The number of hydrogen-bond acceptors (Lipinski definition) is 6. The minimum atomic E-state index is -0.0722. The predicted molar refractivity (Wildman–Crippen MR) is 114 cm³/mol. The van der Waals surface area contributed by atoms with Gasteiger partial charge in [0.2, 0.25) is 5.88 Å². The zero-order valence-corrected chi connectivity index (χ0v) is 16.7. The van der Waals surface area contributed by atoms with Crippen LogP contribution in [0.3, 0.4) is 0 Å². The second-order valence-corrected chi connectivity index (χ2v) is 7.62. The van der Waals surface area contributed by atoms with Crippen LogP contribution in [-0.4, -0.2) is 66.3 Å². The first-order chi connectivity index (χ1) is 14.8. The maximum Gasteiger partial charge on any atom is 0.253 e. The van der Waals surface area contributed by atoms with Gasteiger partial charge in [-0.3, -0.25) is 4.79 Å². The summed E-state index contributed by atoms with van der Waals surface area (Å²) in [6.07, 6.45) is 2.36. The first kappa shape index (κ1) is 18.8. The standard InChI is InChI=1S/C23H24N4O3/c28-23(17-5-7-18(8-6-17)26-11-13-29-14-12-26)27-10-9-19(16-27)30-22-15-24-20-3-1-2-4-21(20)25-22/h1-8,15,19H,9-14,16H2. The van der Waals surface area contributed by atoms with Crippen molar-refractivity contribution in [1.82, 2.24) is 14.9 Å². The van der Waals surface area contributed by atoms with Gasteiger partial charge in [0.05, 0.1) is 37.0 Å². The second kappa shape index (κ2) is 8.28. The van der Waals surface area contributed by atoms with Crippen molar-refractivity contribution in [1.29, 1.82) is 0 Å². The zero-order chi connectivity index (χ0) is 20.3. The number of hydrogen-bond donors (Lipinski definition) is 0. The largest absolute Gasteiger partial charge is 0.471 e. The summed E-state index contributed by atoms with van der Waals surface area (Å²) in [5, 5.41) is 0. The molecule has 154 valence electrons. The van der Waals surface area contributed by atoms with Gasteiger partial charge in [0.25, 0.3) is 5.91 Å². The van der Waals surface area contributed by atoms with Crippen LogP contribution in [0.5, 0.6) is 5.88 Å². The number of amides is 1. The van der Waals surface area contributed by atoms with E-state index in [9.17, 15) is 4.79 Å². The molecule has 0 saturated carbocycles. The summed E-state index contributed by atoms with van der Waals surface area (Å²) in [7, 11) is 0. The Balaban J connectivity index is 1.21. The Morgan fingerprint density at radius 1 is 1.00 bits per heavy atom. The van der Waals surface area contributed by atoms with Gasteiger partial charge in [-0.2, -0.15) is 0 Å². The highest BCUT2D eigenvalue weighted by Gasteiger charge is 2.28. The number of likely N-dealkylation sites (tertiary alicyclic amines) is 1. The van der Waals surface area contributed by atoms with Crippen LogP contribution in [0.4, 0.5) is 5.69 Å². The fraction of sp³-hybridized carbons (Fsp3) is 0.348. The highest BCUT2D eigenvalue weighted by atomic mass is 16.5. The van der Waals surface area contributed by atoms with E-state index in [1.54, 1.807) is 6.20 Å². The predicted octanol–water partition coefficient (Wildman–Crippen LogP) is 2.76.